The fraction of sp³-hybridized carbons (Fsp3) is 0.500. The molecule has 56 valence electrons. The molecule has 4 nitrogen and oxygen atoms in total. The second kappa shape index (κ2) is 3.07. The summed E-state index contributed by atoms with van der Waals surface area (Å²) in [4.78, 5) is 27.6. The fourth-order valence-corrected chi connectivity index (χ4v) is 1.81. The average molecular weight is 189 g/mol. The Balaban J connectivity index is 4.72. The zero-order valence-electron chi connectivity index (χ0n) is 4.68. The molecule has 0 bridgehead atoms. The van der Waals surface area contributed by atoms with E-state index in [1.165, 1.54) is 6.26 Å². The van der Waals surface area contributed by atoms with Crippen molar-refractivity contribution in [2.45, 2.75) is 0 Å². The minimum Gasteiger partial charge on any atom is -0.361 e. The van der Waals surface area contributed by atoms with Crippen molar-refractivity contribution in [2.24, 2.45) is 5.73 Å². The number of rotatable bonds is 0. The van der Waals surface area contributed by atoms with Gasteiger partial charge in [-0.1, -0.05) is 12.2 Å². The molecule has 0 fully saturated rings. The molecule has 0 aromatic heterocycles. The van der Waals surface area contributed by atoms with Gasteiger partial charge in [0.2, 0.25) is 5.69 Å². The van der Waals surface area contributed by atoms with Crippen LogP contribution in [0.2, 0.25) is 0 Å². The zero-order valence-corrected chi connectivity index (χ0v) is 7.29. The second-order valence-corrected chi connectivity index (χ2v) is 9.35. The lowest BCUT2D eigenvalue weighted by Crippen LogP contribution is -2.14. The summed E-state index contributed by atoms with van der Waals surface area (Å²) in [5, 5.41) is -0.719. The molecule has 0 rings (SSSR count). The lowest BCUT2D eigenvalue weighted by molar-refractivity contribution is 0.267. The van der Waals surface area contributed by atoms with E-state index in [1.54, 1.807) is 0 Å². The normalized spacial score (nSPS) is 15.1. The Hall–Kier alpha value is 0.520. The molecule has 7 heteroatoms. The van der Waals surface area contributed by atoms with Crippen molar-refractivity contribution >= 4 is 33.3 Å². The average Bonchev–Trinajstić information content (AvgIpc) is 1.62. The van der Waals surface area contributed by atoms with Gasteiger partial charge in [0.25, 0.3) is 5.24 Å². The van der Waals surface area contributed by atoms with Crippen LogP contribution in [0.15, 0.2) is 0 Å². The molecule has 0 aliphatic heterocycles. The van der Waals surface area contributed by atoms with Gasteiger partial charge in [-0.15, -0.1) is 0 Å². The van der Waals surface area contributed by atoms with Gasteiger partial charge in [0, 0.05) is 0 Å². The molecule has 1 unspecified atom stereocenters. The largest absolute Gasteiger partial charge is 0.361 e. The first-order valence-corrected chi connectivity index (χ1v) is 6.97. The summed E-state index contributed by atoms with van der Waals surface area (Å²) in [7, 11) is -1.21. The van der Waals surface area contributed by atoms with Gasteiger partial charge in [0.1, 0.15) is 0 Å². The SMILES string of the molecule is CS(C(N)=O)=P(O)(O)S. The van der Waals surface area contributed by atoms with Gasteiger partial charge in [0.05, 0.1) is 0 Å². The smallest absolute Gasteiger partial charge is 0.275 e. The minimum absolute atomic E-state index is 0.719. The summed E-state index contributed by atoms with van der Waals surface area (Å²) >= 11 is 3.42. The van der Waals surface area contributed by atoms with Gasteiger partial charge in [0.15, 0.2) is 0 Å². The number of carbonyl (C=O) groups excluding carboxylic acids is 1. The van der Waals surface area contributed by atoms with Gasteiger partial charge < -0.3 is 15.5 Å². The summed E-state index contributed by atoms with van der Waals surface area (Å²) in [5.74, 6) is 0. The van der Waals surface area contributed by atoms with Crippen LogP contribution in [0.1, 0.15) is 0 Å². The van der Waals surface area contributed by atoms with Crippen molar-refractivity contribution in [1.29, 1.82) is 0 Å². The Bertz CT molecular complexity index is 176. The van der Waals surface area contributed by atoms with Crippen molar-refractivity contribution in [1.82, 2.24) is 0 Å². The first-order chi connectivity index (χ1) is 3.85. The molecule has 9 heavy (non-hydrogen) atoms. The lowest BCUT2D eigenvalue weighted by Gasteiger charge is -2.06. The van der Waals surface area contributed by atoms with Crippen molar-refractivity contribution in [3.05, 3.63) is 0 Å². The minimum atomic E-state index is -3.32. The predicted octanol–water partition coefficient (Wildman–Crippen LogP) is -0.0948. The number of hydrogen-bond donors (Lipinski definition) is 4. The zero-order chi connectivity index (χ0) is 7.65. The van der Waals surface area contributed by atoms with E-state index < -0.39 is 21.0 Å². The Kier molecular flexibility index (Phi) is 3.25. The quantitative estimate of drug-likeness (QED) is 0.317. The van der Waals surface area contributed by atoms with Gasteiger partial charge >= 0.3 is 0 Å². The highest BCUT2D eigenvalue weighted by atomic mass is 32.9. The molecule has 0 saturated carbocycles. The van der Waals surface area contributed by atoms with Crippen molar-refractivity contribution in [3.63, 3.8) is 0 Å². The summed E-state index contributed by atoms with van der Waals surface area (Å²) < 4.78 is 0. The maximum Gasteiger partial charge on any atom is 0.275 e. The topological polar surface area (TPSA) is 83.6 Å². The molecule has 0 aliphatic carbocycles. The summed E-state index contributed by atoms with van der Waals surface area (Å²) in [6.45, 7) is 0. The second-order valence-electron chi connectivity index (χ2n) is 1.31. The third-order valence-corrected chi connectivity index (χ3v) is 6.92. The number of amides is 1. The molecule has 0 saturated heterocycles. The van der Waals surface area contributed by atoms with Crippen molar-refractivity contribution in [3.8, 4) is 0 Å². The third kappa shape index (κ3) is 3.27. The highest BCUT2D eigenvalue weighted by Crippen LogP contribution is 2.46. The first kappa shape index (κ1) is 9.52. The van der Waals surface area contributed by atoms with E-state index in [-0.39, 0.29) is 0 Å². The van der Waals surface area contributed by atoms with Crippen molar-refractivity contribution in [2.75, 3.05) is 6.26 Å². The molecular weight excluding hydrogens is 181 g/mol. The summed E-state index contributed by atoms with van der Waals surface area (Å²) in [6, 6.07) is 0. The predicted molar refractivity (Wildman–Crippen MR) is 43.2 cm³/mol. The van der Waals surface area contributed by atoms with Gasteiger partial charge in [-0.25, -0.2) is 0 Å². The highest BCUT2D eigenvalue weighted by Gasteiger charge is 2.10. The van der Waals surface area contributed by atoms with E-state index in [4.69, 9.17) is 15.5 Å². The number of hydrogen-bond acceptors (Lipinski definition) is 1. The summed E-state index contributed by atoms with van der Waals surface area (Å²) in [5.41, 5.74) is 1.44. The highest BCUT2D eigenvalue weighted by molar-refractivity contribution is 8.68. The number of carbonyl (C=O) groups is 1. The first-order valence-electron chi connectivity index (χ1n) is 1.89. The molecule has 0 aromatic carbocycles. The molecule has 1 amide bonds. The Morgan fingerprint density at radius 3 is 2.11 bits per heavy atom. The van der Waals surface area contributed by atoms with E-state index in [0.717, 1.165) is 0 Å². The summed E-state index contributed by atoms with van der Waals surface area (Å²) in [6.07, 6.45) is 1.35. The number of primary amides is 1. The Morgan fingerprint density at radius 1 is 1.78 bits per heavy atom. The maximum absolute atomic E-state index is 10.2. The molecule has 0 spiro atoms. The van der Waals surface area contributed by atoms with Crippen molar-refractivity contribution < 1.29 is 14.6 Å². The molecular formula is C2H8NO3PS2. The molecule has 0 radical (unpaired) electrons. The monoisotopic (exact) mass is 189 g/mol. The van der Waals surface area contributed by atoms with Gasteiger partial charge in [-0.2, -0.15) is 0 Å². The van der Waals surface area contributed by atoms with Crippen LogP contribution in [0.4, 0.5) is 4.79 Å². The third-order valence-electron chi connectivity index (χ3n) is 0.659. The molecule has 4 N–H and O–H groups in total. The van der Waals surface area contributed by atoms with Crippen LogP contribution in [0.5, 0.6) is 0 Å². The number of thiol groups is 1. The molecule has 1 atom stereocenters. The van der Waals surface area contributed by atoms with E-state index >= 15 is 0 Å². The van der Waals surface area contributed by atoms with Crippen LogP contribution in [0, 0.1) is 0 Å². The van der Waals surface area contributed by atoms with E-state index in [1.807, 2.05) is 0 Å². The fourth-order valence-electron chi connectivity index (χ4n) is 0.121. The van der Waals surface area contributed by atoms with E-state index in [0.29, 0.717) is 0 Å². The molecule has 0 aromatic rings. The van der Waals surface area contributed by atoms with Crippen LogP contribution in [0.3, 0.4) is 0 Å². The van der Waals surface area contributed by atoms with Crippen LogP contribution >= 0.6 is 17.9 Å². The van der Waals surface area contributed by atoms with E-state index in [9.17, 15) is 4.79 Å². The molecule has 0 aliphatic rings. The lowest BCUT2D eigenvalue weighted by atomic mass is 11.5. The van der Waals surface area contributed by atoms with E-state index in [2.05, 4.69) is 12.2 Å². The van der Waals surface area contributed by atoms with Crippen LogP contribution in [-0.4, -0.2) is 21.3 Å². The number of nitrogens with two attached hydrogens (primary N) is 1. The van der Waals surface area contributed by atoms with Crippen LogP contribution in [-0.2, 0) is 10.1 Å². The van der Waals surface area contributed by atoms with Crippen LogP contribution in [0.25, 0.3) is 0 Å². The standard InChI is InChI=1S/C2H8NO3PS2/c1-9(2(3)4)7(5,6)8/h5-6,8H,1H3,(H2,3,4). The molecule has 0 heterocycles. The van der Waals surface area contributed by atoms with Gasteiger partial charge in [-0.05, 0) is 16.3 Å². The van der Waals surface area contributed by atoms with Gasteiger partial charge in [-0.3, -0.25) is 4.79 Å². The Labute approximate surface area is 60.3 Å². The Morgan fingerprint density at radius 2 is 2.11 bits per heavy atom. The maximum atomic E-state index is 10.2. The van der Waals surface area contributed by atoms with Crippen LogP contribution < -0.4 is 5.73 Å².